The van der Waals surface area contributed by atoms with Gasteiger partial charge in [0.05, 0.1) is 18.8 Å². The predicted octanol–water partition coefficient (Wildman–Crippen LogP) is 2.42. The molecule has 0 spiro atoms. The minimum absolute atomic E-state index is 0.211. The molecule has 3 aromatic rings. The molecule has 0 radical (unpaired) electrons. The Hall–Kier alpha value is -3.09. The molecule has 2 amide bonds. The minimum atomic E-state index is -0.295. The van der Waals surface area contributed by atoms with Crippen LogP contribution in [0, 0.1) is 0 Å². The van der Waals surface area contributed by atoms with Crippen LogP contribution in [-0.2, 0) is 6.54 Å². The summed E-state index contributed by atoms with van der Waals surface area (Å²) >= 11 is 0. The van der Waals surface area contributed by atoms with Crippen molar-refractivity contribution in [3.63, 3.8) is 0 Å². The van der Waals surface area contributed by atoms with Crippen LogP contribution in [0.15, 0.2) is 59.5 Å². The van der Waals surface area contributed by atoms with Crippen LogP contribution in [0.25, 0.3) is 5.69 Å². The third-order valence-corrected chi connectivity index (χ3v) is 3.38. The highest BCUT2D eigenvalue weighted by atomic mass is 16.3. The molecule has 0 aliphatic carbocycles. The number of nitrogens with zero attached hydrogens (tertiary/aromatic N) is 3. The molecule has 0 fully saturated rings. The molecule has 7 heteroatoms. The van der Waals surface area contributed by atoms with Gasteiger partial charge in [-0.15, -0.1) is 10.2 Å². The van der Waals surface area contributed by atoms with Crippen molar-refractivity contribution in [2.45, 2.75) is 19.5 Å². The highest BCUT2D eigenvalue weighted by molar-refractivity contribution is 5.74. The summed E-state index contributed by atoms with van der Waals surface area (Å²) in [4.78, 5) is 12.0. The maximum absolute atomic E-state index is 12.0. The van der Waals surface area contributed by atoms with Crippen molar-refractivity contribution in [2.75, 3.05) is 0 Å². The maximum atomic E-state index is 12.0. The fraction of sp³-hybridized carbons (Fsp3) is 0.188. The number of para-hydroxylation sites is 1. The van der Waals surface area contributed by atoms with E-state index < -0.39 is 0 Å². The van der Waals surface area contributed by atoms with Crippen molar-refractivity contribution in [3.8, 4) is 5.69 Å². The fourth-order valence-electron chi connectivity index (χ4n) is 2.20. The molecule has 23 heavy (non-hydrogen) atoms. The van der Waals surface area contributed by atoms with Gasteiger partial charge in [0.25, 0.3) is 0 Å². The number of hydrogen-bond donors (Lipinski definition) is 2. The number of furan rings is 1. The summed E-state index contributed by atoms with van der Waals surface area (Å²) in [7, 11) is 0. The van der Waals surface area contributed by atoms with Gasteiger partial charge in [-0.05, 0) is 31.2 Å². The minimum Gasteiger partial charge on any atom is -0.467 e. The lowest BCUT2D eigenvalue weighted by Crippen LogP contribution is -2.37. The molecule has 2 N–H and O–H groups in total. The Bertz CT molecular complexity index is 752. The number of amides is 2. The summed E-state index contributed by atoms with van der Waals surface area (Å²) in [6.07, 6.45) is 3.20. The fourth-order valence-corrected chi connectivity index (χ4v) is 2.20. The number of nitrogens with one attached hydrogen (secondary N) is 2. The molecule has 0 aliphatic heterocycles. The average Bonchev–Trinajstić information content (AvgIpc) is 3.25. The van der Waals surface area contributed by atoms with E-state index >= 15 is 0 Å². The SMILES string of the molecule is C[C@@H](NC(=O)NCc1nncn1-c1ccccc1)c1ccco1. The molecule has 118 valence electrons. The number of carbonyl (C=O) groups excluding carboxylic acids is 1. The number of rotatable bonds is 5. The molecule has 2 aromatic heterocycles. The van der Waals surface area contributed by atoms with Crippen molar-refractivity contribution >= 4 is 6.03 Å². The van der Waals surface area contributed by atoms with Gasteiger partial charge in [-0.3, -0.25) is 4.57 Å². The van der Waals surface area contributed by atoms with Crippen molar-refractivity contribution in [3.05, 3.63) is 66.6 Å². The zero-order valence-electron chi connectivity index (χ0n) is 12.6. The van der Waals surface area contributed by atoms with Gasteiger partial charge in [0.2, 0.25) is 0 Å². The molecule has 0 aliphatic rings. The first kappa shape index (κ1) is 14.8. The topological polar surface area (TPSA) is 85.0 Å². The average molecular weight is 311 g/mol. The highest BCUT2D eigenvalue weighted by Crippen LogP contribution is 2.12. The quantitative estimate of drug-likeness (QED) is 0.758. The Labute approximate surface area is 133 Å². The van der Waals surface area contributed by atoms with Gasteiger partial charge >= 0.3 is 6.03 Å². The van der Waals surface area contributed by atoms with Crippen LogP contribution in [0.5, 0.6) is 0 Å². The van der Waals surface area contributed by atoms with Crippen molar-refractivity contribution in [1.82, 2.24) is 25.4 Å². The first-order valence-electron chi connectivity index (χ1n) is 7.26. The molecule has 0 bridgehead atoms. The van der Waals surface area contributed by atoms with Gasteiger partial charge in [0, 0.05) is 5.69 Å². The Balaban J connectivity index is 1.59. The van der Waals surface area contributed by atoms with E-state index in [1.54, 1.807) is 18.7 Å². The van der Waals surface area contributed by atoms with E-state index in [1.807, 2.05) is 47.9 Å². The zero-order chi connectivity index (χ0) is 16.1. The van der Waals surface area contributed by atoms with E-state index in [-0.39, 0.29) is 18.6 Å². The van der Waals surface area contributed by atoms with Crippen LogP contribution >= 0.6 is 0 Å². The zero-order valence-corrected chi connectivity index (χ0v) is 12.6. The van der Waals surface area contributed by atoms with Crippen molar-refractivity contribution in [1.29, 1.82) is 0 Å². The first-order valence-corrected chi connectivity index (χ1v) is 7.26. The summed E-state index contributed by atoms with van der Waals surface area (Å²) in [5, 5.41) is 13.5. The van der Waals surface area contributed by atoms with Gasteiger partial charge in [-0.2, -0.15) is 0 Å². The predicted molar refractivity (Wildman–Crippen MR) is 83.9 cm³/mol. The summed E-state index contributed by atoms with van der Waals surface area (Å²) in [6.45, 7) is 2.12. The van der Waals surface area contributed by atoms with E-state index in [1.165, 1.54) is 0 Å². The number of benzene rings is 1. The van der Waals surface area contributed by atoms with Gasteiger partial charge in [0.1, 0.15) is 12.1 Å². The largest absolute Gasteiger partial charge is 0.467 e. The summed E-state index contributed by atoms with van der Waals surface area (Å²) in [5.74, 6) is 1.35. The van der Waals surface area contributed by atoms with Gasteiger partial charge in [0.15, 0.2) is 5.82 Å². The van der Waals surface area contributed by atoms with Gasteiger partial charge in [-0.25, -0.2) is 4.79 Å². The number of carbonyl (C=O) groups is 1. The van der Waals surface area contributed by atoms with Crippen LogP contribution in [-0.4, -0.2) is 20.8 Å². The second-order valence-corrected chi connectivity index (χ2v) is 5.02. The molecular weight excluding hydrogens is 294 g/mol. The molecule has 0 unspecified atom stereocenters. The summed E-state index contributed by atoms with van der Waals surface area (Å²) in [5.41, 5.74) is 0.943. The van der Waals surface area contributed by atoms with Crippen LogP contribution < -0.4 is 10.6 Å². The molecule has 1 aromatic carbocycles. The normalized spacial score (nSPS) is 11.9. The maximum Gasteiger partial charge on any atom is 0.315 e. The third-order valence-electron chi connectivity index (χ3n) is 3.38. The molecule has 0 saturated heterocycles. The second kappa shape index (κ2) is 6.78. The highest BCUT2D eigenvalue weighted by Gasteiger charge is 2.12. The summed E-state index contributed by atoms with van der Waals surface area (Å²) in [6, 6.07) is 12.8. The lowest BCUT2D eigenvalue weighted by atomic mass is 10.2. The molecule has 2 heterocycles. The van der Waals surface area contributed by atoms with E-state index in [4.69, 9.17) is 4.42 Å². The summed E-state index contributed by atoms with van der Waals surface area (Å²) < 4.78 is 7.08. The molecular formula is C16H17N5O2. The Morgan fingerprint density at radius 1 is 1.26 bits per heavy atom. The monoisotopic (exact) mass is 311 g/mol. The first-order chi connectivity index (χ1) is 11.2. The Morgan fingerprint density at radius 3 is 2.83 bits per heavy atom. The van der Waals surface area contributed by atoms with E-state index in [0.717, 1.165) is 5.69 Å². The standard InChI is InChI=1S/C16H17N5O2/c1-12(14-8-5-9-23-14)19-16(22)17-10-15-20-18-11-21(15)13-6-3-2-4-7-13/h2-9,11-12H,10H2,1H3,(H2,17,19,22)/t12-/m1/s1. The lowest BCUT2D eigenvalue weighted by molar-refractivity contribution is 0.235. The Kier molecular flexibility index (Phi) is 4.37. The third kappa shape index (κ3) is 3.57. The molecule has 3 rings (SSSR count). The second-order valence-electron chi connectivity index (χ2n) is 5.02. The number of aromatic nitrogens is 3. The van der Waals surface area contributed by atoms with Crippen molar-refractivity contribution < 1.29 is 9.21 Å². The van der Waals surface area contributed by atoms with Crippen molar-refractivity contribution in [2.24, 2.45) is 0 Å². The van der Waals surface area contributed by atoms with E-state index in [2.05, 4.69) is 20.8 Å². The number of hydrogen-bond acceptors (Lipinski definition) is 4. The lowest BCUT2D eigenvalue weighted by Gasteiger charge is -2.12. The smallest absolute Gasteiger partial charge is 0.315 e. The molecule has 1 atom stereocenters. The van der Waals surface area contributed by atoms with E-state index in [0.29, 0.717) is 11.6 Å². The van der Waals surface area contributed by atoms with Gasteiger partial charge < -0.3 is 15.1 Å². The van der Waals surface area contributed by atoms with Crippen LogP contribution in [0.2, 0.25) is 0 Å². The van der Waals surface area contributed by atoms with Crippen LogP contribution in [0.3, 0.4) is 0 Å². The Morgan fingerprint density at radius 2 is 2.09 bits per heavy atom. The van der Waals surface area contributed by atoms with E-state index in [9.17, 15) is 4.79 Å². The van der Waals surface area contributed by atoms with Crippen LogP contribution in [0.4, 0.5) is 4.79 Å². The molecule has 0 saturated carbocycles. The van der Waals surface area contributed by atoms with Gasteiger partial charge in [-0.1, -0.05) is 18.2 Å². The van der Waals surface area contributed by atoms with Crippen LogP contribution in [0.1, 0.15) is 24.6 Å². The molecule has 7 nitrogen and oxygen atoms in total. The number of urea groups is 1.